The Kier molecular flexibility index (Phi) is 11.8. The van der Waals surface area contributed by atoms with E-state index in [1.807, 2.05) is 69.3 Å². The number of nitrogens with zero attached hydrogens (tertiary/aromatic N) is 1. The molecule has 3 N–H and O–H groups in total. The molecule has 9 nitrogen and oxygen atoms in total. The lowest BCUT2D eigenvalue weighted by Gasteiger charge is -2.15. The first kappa shape index (κ1) is 34.2. The Morgan fingerprint density at radius 2 is 1.56 bits per heavy atom. The van der Waals surface area contributed by atoms with Gasteiger partial charge in [-0.15, -0.1) is 11.8 Å². The van der Waals surface area contributed by atoms with Crippen LogP contribution >= 0.6 is 23.1 Å². The molecule has 1 atom stereocenters. The summed E-state index contributed by atoms with van der Waals surface area (Å²) in [6.45, 7) is 6.89. The number of carbonyl (C=O) groups is 3. The Morgan fingerprint density at radius 3 is 2.29 bits per heavy atom. The number of ether oxygens (including phenoxy) is 2. The maximum Gasteiger partial charge on any atom is 0.272 e. The Hall–Kier alpha value is -5.13. The van der Waals surface area contributed by atoms with Crippen LogP contribution in [0, 0.1) is 0 Å². The van der Waals surface area contributed by atoms with Crippen LogP contribution in [-0.4, -0.2) is 41.2 Å². The first-order valence-electron chi connectivity index (χ1n) is 15.6. The summed E-state index contributed by atoms with van der Waals surface area (Å²) in [5.74, 6) is 0.400. The van der Waals surface area contributed by atoms with Gasteiger partial charge in [-0.3, -0.25) is 14.4 Å². The summed E-state index contributed by atoms with van der Waals surface area (Å²) in [5, 5.41) is 8.75. The summed E-state index contributed by atoms with van der Waals surface area (Å²) in [6.07, 6.45) is 2.19. The van der Waals surface area contributed by atoms with E-state index in [1.165, 1.54) is 23.1 Å². The third-order valence-electron chi connectivity index (χ3n) is 6.97. The first-order valence-corrected chi connectivity index (χ1v) is 17.3. The molecule has 11 heteroatoms. The molecule has 48 heavy (non-hydrogen) atoms. The van der Waals surface area contributed by atoms with Crippen molar-refractivity contribution in [2.24, 2.45) is 0 Å². The van der Waals surface area contributed by atoms with Crippen LogP contribution in [-0.2, 0) is 9.59 Å². The Balaban J connectivity index is 1.29. The quantitative estimate of drug-likeness (QED) is 0.0803. The molecule has 246 valence electrons. The van der Waals surface area contributed by atoms with E-state index in [2.05, 4.69) is 20.9 Å². The molecule has 0 aliphatic rings. The molecule has 0 spiro atoms. The van der Waals surface area contributed by atoms with Crippen molar-refractivity contribution in [2.45, 2.75) is 37.3 Å². The minimum Gasteiger partial charge on any atom is -0.494 e. The van der Waals surface area contributed by atoms with E-state index < -0.39 is 17.1 Å². The predicted molar refractivity (Wildman–Crippen MR) is 194 cm³/mol. The SMILES string of the molecule is CCOc1ccc(/C=C(/NC(=O)c2ccccc2)C(=O)Nc2cccc(SC(CC)C(=O)Nc3nc4ccc(OCC)cc4s3)c2)cc1. The molecule has 1 aromatic heterocycles. The lowest BCUT2D eigenvalue weighted by molar-refractivity contribution is -0.116. The minimum absolute atomic E-state index is 0.0705. The molecular formula is C37H36N4O5S2. The number of hydrogen-bond acceptors (Lipinski definition) is 8. The lowest BCUT2D eigenvalue weighted by Crippen LogP contribution is -2.30. The molecule has 1 heterocycles. The number of nitrogens with one attached hydrogen (secondary N) is 3. The van der Waals surface area contributed by atoms with Gasteiger partial charge in [-0.1, -0.05) is 54.7 Å². The third-order valence-corrected chi connectivity index (χ3v) is 9.26. The summed E-state index contributed by atoms with van der Waals surface area (Å²) in [5.41, 5.74) is 2.51. The number of hydrogen-bond donors (Lipinski definition) is 3. The molecule has 0 aliphatic heterocycles. The van der Waals surface area contributed by atoms with Gasteiger partial charge in [0.15, 0.2) is 5.13 Å². The highest BCUT2D eigenvalue weighted by molar-refractivity contribution is 8.00. The number of benzene rings is 4. The Bertz CT molecular complexity index is 1910. The molecular weight excluding hydrogens is 645 g/mol. The van der Waals surface area contributed by atoms with Gasteiger partial charge in [-0.05, 0) is 92.6 Å². The standard InChI is InChI=1S/C37H36N4O5S2/c1-4-32(36(44)41-37-40-30-20-19-28(46-6-3)23-33(30)48-37)47-29-14-10-13-26(22-29)38-35(43)31(39-34(42)25-11-8-7-9-12-25)21-24-15-17-27(18-16-24)45-5-2/h7-23,32H,4-6H2,1-3H3,(H,38,43)(H,39,42)(H,40,41,44)/b31-21+. The largest absolute Gasteiger partial charge is 0.494 e. The van der Waals surface area contributed by atoms with Gasteiger partial charge in [-0.2, -0.15) is 0 Å². The number of rotatable bonds is 14. The zero-order chi connectivity index (χ0) is 33.9. The summed E-state index contributed by atoms with van der Waals surface area (Å²) in [4.78, 5) is 45.3. The van der Waals surface area contributed by atoms with Crippen molar-refractivity contribution in [3.63, 3.8) is 0 Å². The van der Waals surface area contributed by atoms with Crippen LogP contribution in [0.3, 0.4) is 0 Å². The monoisotopic (exact) mass is 680 g/mol. The van der Waals surface area contributed by atoms with E-state index in [0.29, 0.717) is 47.3 Å². The molecule has 4 aromatic carbocycles. The summed E-state index contributed by atoms with van der Waals surface area (Å²) in [7, 11) is 0. The van der Waals surface area contributed by atoms with E-state index in [4.69, 9.17) is 9.47 Å². The second-order valence-corrected chi connectivity index (χ2v) is 12.8. The normalized spacial score (nSPS) is 11.9. The predicted octanol–water partition coefficient (Wildman–Crippen LogP) is 8.01. The van der Waals surface area contributed by atoms with Crippen molar-refractivity contribution < 1.29 is 23.9 Å². The highest BCUT2D eigenvalue weighted by Crippen LogP contribution is 2.32. The van der Waals surface area contributed by atoms with Crippen molar-refractivity contribution in [1.29, 1.82) is 0 Å². The molecule has 0 aliphatic carbocycles. The van der Waals surface area contributed by atoms with Gasteiger partial charge in [0.2, 0.25) is 5.91 Å². The van der Waals surface area contributed by atoms with Crippen LogP contribution < -0.4 is 25.4 Å². The molecule has 5 rings (SSSR count). The summed E-state index contributed by atoms with van der Waals surface area (Å²) in [6, 6.07) is 28.9. The van der Waals surface area contributed by atoms with Crippen LogP contribution in [0.2, 0.25) is 0 Å². The van der Waals surface area contributed by atoms with E-state index >= 15 is 0 Å². The first-order chi connectivity index (χ1) is 23.3. The third kappa shape index (κ3) is 9.24. The fourth-order valence-electron chi connectivity index (χ4n) is 4.67. The number of thioether (sulfide) groups is 1. The number of fused-ring (bicyclic) bond motifs is 1. The van der Waals surface area contributed by atoms with Crippen molar-refractivity contribution >= 4 is 67.9 Å². The van der Waals surface area contributed by atoms with Crippen molar-refractivity contribution in [1.82, 2.24) is 10.3 Å². The highest BCUT2D eigenvalue weighted by atomic mass is 32.2. The minimum atomic E-state index is -0.497. The van der Waals surface area contributed by atoms with Crippen LogP contribution in [0.5, 0.6) is 11.5 Å². The Labute approximate surface area is 287 Å². The fraction of sp³-hybridized carbons (Fsp3) is 0.189. The van der Waals surface area contributed by atoms with Gasteiger partial charge < -0.3 is 25.4 Å². The lowest BCUT2D eigenvalue weighted by atomic mass is 10.1. The van der Waals surface area contributed by atoms with Gasteiger partial charge in [0.25, 0.3) is 11.8 Å². The smallest absolute Gasteiger partial charge is 0.272 e. The zero-order valence-corrected chi connectivity index (χ0v) is 28.5. The topological polar surface area (TPSA) is 119 Å². The molecule has 0 radical (unpaired) electrons. The molecule has 5 aromatic rings. The summed E-state index contributed by atoms with van der Waals surface area (Å²) < 4.78 is 12.0. The second-order valence-electron chi connectivity index (χ2n) is 10.4. The number of aromatic nitrogens is 1. The Morgan fingerprint density at radius 1 is 0.833 bits per heavy atom. The number of thiazole rings is 1. The van der Waals surface area contributed by atoms with E-state index in [0.717, 1.165) is 20.9 Å². The van der Waals surface area contributed by atoms with Gasteiger partial charge in [0.05, 0.1) is 28.7 Å². The van der Waals surface area contributed by atoms with Crippen molar-refractivity contribution in [3.8, 4) is 11.5 Å². The average molecular weight is 681 g/mol. The molecule has 0 saturated heterocycles. The maximum absolute atomic E-state index is 13.6. The van der Waals surface area contributed by atoms with Crippen molar-refractivity contribution in [2.75, 3.05) is 23.8 Å². The molecule has 1 unspecified atom stereocenters. The van der Waals surface area contributed by atoms with Crippen LogP contribution in [0.25, 0.3) is 16.3 Å². The molecule has 0 bridgehead atoms. The molecule has 3 amide bonds. The van der Waals surface area contributed by atoms with Gasteiger partial charge >= 0.3 is 0 Å². The molecule has 0 saturated carbocycles. The van der Waals surface area contributed by atoms with Crippen molar-refractivity contribution in [3.05, 3.63) is 114 Å². The number of anilines is 2. The number of carbonyl (C=O) groups excluding carboxylic acids is 3. The van der Waals surface area contributed by atoms with E-state index in [1.54, 1.807) is 54.6 Å². The highest BCUT2D eigenvalue weighted by Gasteiger charge is 2.21. The van der Waals surface area contributed by atoms with Gasteiger partial charge in [0.1, 0.15) is 17.2 Å². The fourth-order valence-corrected chi connectivity index (χ4v) is 6.58. The number of amides is 3. The average Bonchev–Trinajstić information content (AvgIpc) is 3.50. The van der Waals surface area contributed by atoms with Crippen LogP contribution in [0.15, 0.2) is 108 Å². The summed E-state index contributed by atoms with van der Waals surface area (Å²) >= 11 is 2.79. The van der Waals surface area contributed by atoms with Gasteiger partial charge in [0, 0.05) is 16.1 Å². The second kappa shape index (κ2) is 16.6. The maximum atomic E-state index is 13.6. The van der Waals surface area contributed by atoms with Gasteiger partial charge in [-0.25, -0.2) is 4.98 Å². The van der Waals surface area contributed by atoms with Crippen LogP contribution in [0.1, 0.15) is 43.1 Å². The molecule has 0 fully saturated rings. The van der Waals surface area contributed by atoms with Crippen LogP contribution in [0.4, 0.5) is 10.8 Å². The van der Waals surface area contributed by atoms with E-state index in [9.17, 15) is 14.4 Å². The zero-order valence-electron chi connectivity index (χ0n) is 26.8. The van der Waals surface area contributed by atoms with E-state index in [-0.39, 0.29) is 11.6 Å².